The van der Waals surface area contributed by atoms with E-state index in [1.165, 1.54) is 116 Å². The first kappa shape index (κ1) is 66.3. The van der Waals surface area contributed by atoms with Crippen molar-refractivity contribution in [3.63, 3.8) is 0 Å². The molecule has 1 unspecified atom stereocenters. The Morgan fingerprint density at radius 2 is 0.514 bits per heavy atom. The second-order valence-corrected chi connectivity index (χ2v) is 19.1. The molecule has 0 saturated heterocycles. The summed E-state index contributed by atoms with van der Waals surface area (Å²) in [5.74, 6) is -0.899. The van der Waals surface area contributed by atoms with Gasteiger partial charge in [-0.25, -0.2) is 0 Å². The summed E-state index contributed by atoms with van der Waals surface area (Å²) in [6.45, 7) is 6.31. The number of ether oxygens (including phenoxy) is 3. The van der Waals surface area contributed by atoms with Crippen LogP contribution in [0.25, 0.3) is 0 Å². The fraction of sp³-hybridized carbons (Fsp3) is 0.703. The Labute approximate surface area is 432 Å². The van der Waals surface area contributed by atoms with Crippen molar-refractivity contribution < 1.29 is 28.6 Å². The molecule has 400 valence electrons. The highest BCUT2D eigenvalue weighted by Crippen LogP contribution is 2.15. The van der Waals surface area contributed by atoms with Gasteiger partial charge in [-0.1, -0.05) is 240 Å². The van der Waals surface area contributed by atoms with Gasteiger partial charge in [0.15, 0.2) is 6.10 Å². The third-order valence-corrected chi connectivity index (χ3v) is 12.3. The lowest BCUT2D eigenvalue weighted by Crippen LogP contribution is -2.30. The Balaban J connectivity index is 4.39. The van der Waals surface area contributed by atoms with E-state index in [1.807, 2.05) is 0 Å². The first-order chi connectivity index (χ1) is 34.5. The minimum absolute atomic E-state index is 0.0852. The van der Waals surface area contributed by atoms with E-state index < -0.39 is 6.10 Å². The molecule has 0 aliphatic carbocycles. The van der Waals surface area contributed by atoms with Gasteiger partial charge in [-0.05, 0) is 109 Å². The van der Waals surface area contributed by atoms with Crippen LogP contribution in [0, 0.1) is 0 Å². The van der Waals surface area contributed by atoms with Gasteiger partial charge in [-0.15, -0.1) is 0 Å². The topological polar surface area (TPSA) is 78.9 Å². The van der Waals surface area contributed by atoms with Gasteiger partial charge in [0.25, 0.3) is 0 Å². The van der Waals surface area contributed by atoms with Crippen LogP contribution in [-0.2, 0) is 28.6 Å². The van der Waals surface area contributed by atoms with Gasteiger partial charge in [-0.3, -0.25) is 14.4 Å². The van der Waals surface area contributed by atoms with Crippen molar-refractivity contribution in [2.75, 3.05) is 13.2 Å². The van der Waals surface area contributed by atoms with Crippen molar-refractivity contribution >= 4 is 17.9 Å². The first-order valence-corrected chi connectivity index (χ1v) is 29.2. The Hall–Kier alpha value is -3.67. The summed E-state index contributed by atoms with van der Waals surface area (Å²) in [6, 6.07) is 0. The molecule has 0 aliphatic heterocycles. The Bertz CT molecular complexity index is 1400. The zero-order chi connectivity index (χ0) is 50.7. The fourth-order valence-corrected chi connectivity index (χ4v) is 8.04. The molecule has 6 heteroatoms. The van der Waals surface area contributed by atoms with Crippen molar-refractivity contribution in [2.45, 2.75) is 277 Å². The molecule has 1 atom stereocenters. The van der Waals surface area contributed by atoms with Gasteiger partial charge in [-0.2, -0.15) is 0 Å². The van der Waals surface area contributed by atoms with E-state index in [4.69, 9.17) is 14.2 Å². The highest BCUT2D eigenvalue weighted by atomic mass is 16.6. The standard InChI is InChI=1S/C64H108O6/c1-4-7-10-13-16-19-22-25-28-30-32-34-36-39-42-45-48-51-54-57-63(66)69-60-61(59-68-62(65)56-53-50-47-44-41-38-27-24-21-18-15-12-9-6-3)70-64(67)58-55-52-49-46-43-40-37-35-33-31-29-26-23-20-17-14-11-8-5-2/h7-12,16-21,25-26,28-29,61H,4-6,13-15,22-24,27,30-60H2,1-3H3/b10-7-,11-8-,12-9-,19-16-,20-17-,21-18-,28-25-,29-26-. The van der Waals surface area contributed by atoms with Crippen molar-refractivity contribution in [2.24, 2.45) is 0 Å². The van der Waals surface area contributed by atoms with Gasteiger partial charge in [0.05, 0.1) is 0 Å². The van der Waals surface area contributed by atoms with E-state index in [2.05, 4.69) is 118 Å². The van der Waals surface area contributed by atoms with Crippen LogP contribution in [0.4, 0.5) is 0 Å². The Morgan fingerprint density at radius 3 is 0.800 bits per heavy atom. The van der Waals surface area contributed by atoms with Crippen LogP contribution in [0.1, 0.15) is 271 Å². The molecular weight excluding hydrogens is 865 g/mol. The van der Waals surface area contributed by atoms with Crippen LogP contribution in [0.2, 0.25) is 0 Å². The number of hydrogen-bond acceptors (Lipinski definition) is 6. The van der Waals surface area contributed by atoms with Crippen LogP contribution in [-0.4, -0.2) is 37.2 Å². The van der Waals surface area contributed by atoms with Gasteiger partial charge in [0.1, 0.15) is 13.2 Å². The Morgan fingerprint density at radius 1 is 0.286 bits per heavy atom. The molecule has 70 heavy (non-hydrogen) atoms. The molecule has 0 amide bonds. The molecule has 6 nitrogen and oxygen atoms in total. The summed E-state index contributed by atoms with van der Waals surface area (Å²) in [5.41, 5.74) is 0. The lowest BCUT2D eigenvalue weighted by Gasteiger charge is -2.18. The van der Waals surface area contributed by atoms with Crippen LogP contribution < -0.4 is 0 Å². The highest BCUT2D eigenvalue weighted by molar-refractivity contribution is 5.71. The third-order valence-electron chi connectivity index (χ3n) is 12.3. The molecule has 0 fully saturated rings. The normalized spacial score (nSPS) is 12.8. The zero-order valence-electron chi connectivity index (χ0n) is 45.8. The van der Waals surface area contributed by atoms with Gasteiger partial charge < -0.3 is 14.2 Å². The van der Waals surface area contributed by atoms with E-state index in [1.54, 1.807) is 0 Å². The quantitative estimate of drug-likeness (QED) is 0.0262. The molecule has 0 aromatic carbocycles. The maximum Gasteiger partial charge on any atom is 0.306 e. The predicted molar refractivity (Wildman–Crippen MR) is 302 cm³/mol. The molecule has 0 N–H and O–H groups in total. The van der Waals surface area contributed by atoms with Crippen LogP contribution in [0.15, 0.2) is 97.2 Å². The van der Waals surface area contributed by atoms with Crippen LogP contribution in [0.3, 0.4) is 0 Å². The lowest BCUT2D eigenvalue weighted by molar-refractivity contribution is -0.167. The maximum absolute atomic E-state index is 12.9. The van der Waals surface area contributed by atoms with E-state index >= 15 is 0 Å². The second kappa shape index (κ2) is 57.9. The van der Waals surface area contributed by atoms with E-state index in [9.17, 15) is 14.4 Å². The SMILES string of the molecule is CC/C=C\C/C=C\C/C=C\CCCCCCCCCCCC(=O)OCC(COC(=O)CCCCCCCCC/C=C\C/C=C\CC)OC(=O)CCCCCCCCCCC/C=C\C/C=C\C/C=C\CC. The van der Waals surface area contributed by atoms with Crippen molar-refractivity contribution in [1.82, 2.24) is 0 Å². The van der Waals surface area contributed by atoms with E-state index in [-0.39, 0.29) is 31.1 Å². The number of carbonyl (C=O) groups excluding carboxylic acids is 3. The molecule has 0 aromatic rings. The molecule has 0 radical (unpaired) electrons. The fourth-order valence-electron chi connectivity index (χ4n) is 8.04. The molecule has 0 rings (SSSR count). The number of rotatable bonds is 52. The molecule has 0 bridgehead atoms. The average molecular weight is 974 g/mol. The number of allylic oxidation sites excluding steroid dienone is 16. The Kier molecular flexibility index (Phi) is 54.9. The smallest absolute Gasteiger partial charge is 0.306 e. The summed E-state index contributed by atoms with van der Waals surface area (Å²) in [5, 5.41) is 0. The molecule has 0 saturated carbocycles. The molecular formula is C64H108O6. The second-order valence-electron chi connectivity index (χ2n) is 19.1. The summed E-state index contributed by atoms with van der Waals surface area (Å²) in [6.07, 6.45) is 76.8. The first-order valence-electron chi connectivity index (χ1n) is 29.2. The van der Waals surface area contributed by atoms with Gasteiger partial charge in [0, 0.05) is 19.3 Å². The zero-order valence-corrected chi connectivity index (χ0v) is 45.8. The molecule has 0 heterocycles. The summed E-state index contributed by atoms with van der Waals surface area (Å²) in [4.78, 5) is 38.2. The van der Waals surface area contributed by atoms with E-state index in [0.717, 1.165) is 116 Å². The monoisotopic (exact) mass is 973 g/mol. The van der Waals surface area contributed by atoms with Crippen LogP contribution >= 0.6 is 0 Å². The number of esters is 3. The maximum atomic E-state index is 12.9. The molecule has 0 aliphatic rings. The van der Waals surface area contributed by atoms with Crippen molar-refractivity contribution in [3.8, 4) is 0 Å². The third kappa shape index (κ3) is 55.3. The van der Waals surface area contributed by atoms with Crippen LogP contribution in [0.5, 0.6) is 0 Å². The highest BCUT2D eigenvalue weighted by Gasteiger charge is 2.19. The lowest BCUT2D eigenvalue weighted by atomic mass is 10.1. The number of unbranched alkanes of at least 4 members (excludes halogenated alkanes) is 25. The van der Waals surface area contributed by atoms with Crippen molar-refractivity contribution in [1.29, 1.82) is 0 Å². The summed E-state index contributed by atoms with van der Waals surface area (Å²) >= 11 is 0. The summed E-state index contributed by atoms with van der Waals surface area (Å²) < 4.78 is 16.9. The minimum Gasteiger partial charge on any atom is -0.462 e. The van der Waals surface area contributed by atoms with Gasteiger partial charge in [0.2, 0.25) is 0 Å². The average Bonchev–Trinajstić information content (AvgIpc) is 3.36. The minimum atomic E-state index is -0.787. The number of hydrogen-bond donors (Lipinski definition) is 0. The summed E-state index contributed by atoms with van der Waals surface area (Å²) in [7, 11) is 0. The van der Waals surface area contributed by atoms with Crippen molar-refractivity contribution in [3.05, 3.63) is 97.2 Å². The van der Waals surface area contributed by atoms with Gasteiger partial charge >= 0.3 is 17.9 Å². The van der Waals surface area contributed by atoms with E-state index in [0.29, 0.717) is 19.3 Å². The number of carbonyl (C=O) groups is 3. The molecule has 0 aromatic heterocycles. The molecule has 0 spiro atoms. The largest absolute Gasteiger partial charge is 0.462 e. The predicted octanol–water partition coefficient (Wildman–Crippen LogP) is 19.7.